The van der Waals surface area contributed by atoms with Crippen LogP contribution < -0.4 is 16.0 Å². The van der Waals surface area contributed by atoms with Gasteiger partial charge in [0.05, 0.1) is 0 Å². The molecule has 3 amide bonds. The summed E-state index contributed by atoms with van der Waals surface area (Å²) in [6.45, 7) is 4.24. The summed E-state index contributed by atoms with van der Waals surface area (Å²) >= 11 is 18.9. The summed E-state index contributed by atoms with van der Waals surface area (Å²) in [5.74, 6) is -0.291. The van der Waals surface area contributed by atoms with Gasteiger partial charge in [0, 0.05) is 33.6 Å². The molecule has 1 heterocycles. The van der Waals surface area contributed by atoms with Crippen molar-refractivity contribution >= 4 is 46.7 Å². The third-order valence-corrected chi connectivity index (χ3v) is 7.42. The molecule has 8 heteroatoms. The minimum atomic E-state index is -0.987. The summed E-state index contributed by atoms with van der Waals surface area (Å²) in [5.41, 5.74) is 1.07. The van der Waals surface area contributed by atoms with Crippen LogP contribution in [-0.4, -0.2) is 30.1 Å². The number of carbonyl (C=O) groups is 2. The normalized spacial score (nSPS) is 27.1. The van der Waals surface area contributed by atoms with Crippen LogP contribution in [-0.2, 0) is 4.79 Å². The number of nitrogens with one attached hydrogen (secondary N) is 3. The average molecular weight is 495 g/mol. The number of amides is 3. The second kappa shape index (κ2) is 9.12. The van der Waals surface area contributed by atoms with Crippen molar-refractivity contribution in [3.05, 3.63) is 68.7 Å². The van der Waals surface area contributed by atoms with Gasteiger partial charge in [-0.1, -0.05) is 53.0 Å². The minimum Gasteiger partial charge on any atom is -0.354 e. The van der Waals surface area contributed by atoms with E-state index in [0.717, 1.165) is 11.1 Å². The molecule has 4 atom stereocenters. The predicted octanol–water partition coefficient (Wildman–Crippen LogP) is 5.50. The molecule has 3 N–H and O–H groups in total. The van der Waals surface area contributed by atoms with Crippen molar-refractivity contribution in [2.45, 2.75) is 50.1 Å². The molecular weight excluding hydrogens is 469 g/mol. The molecule has 0 radical (unpaired) electrons. The van der Waals surface area contributed by atoms with E-state index < -0.39 is 5.54 Å². The Kier molecular flexibility index (Phi) is 6.62. The third kappa shape index (κ3) is 4.30. The topological polar surface area (TPSA) is 70.2 Å². The summed E-state index contributed by atoms with van der Waals surface area (Å²) < 4.78 is 0. The molecule has 1 aliphatic heterocycles. The molecule has 2 aromatic rings. The lowest BCUT2D eigenvalue weighted by Crippen LogP contribution is -2.63. The molecule has 1 saturated heterocycles. The zero-order valence-corrected chi connectivity index (χ0v) is 20.2. The van der Waals surface area contributed by atoms with Crippen LogP contribution in [0, 0.1) is 5.92 Å². The van der Waals surface area contributed by atoms with E-state index in [9.17, 15) is 9.59 Å². The first-order chi connectivity index (χ1) is 15.2. The van der Waals surface area contributed by atoms with Crippen LogP contribution in [0.4, 0.5) is 4.79 Å². The number of carbonyl (C=O) groups excluding carboxylic acids is 2. The van der Waals surface area contributed by atoms with Crippen molar-refractivity contribution in [2.75, 3.05) is 6.54 Å². The Morgan fingerprint density at radius 2 is 1.78 bits per heavy atom. The van der Waals surface area contributed by atoms with Crippen LogP contribution in [0.5, 0.6) is 0 Å². The molecule has 2 aliphatic rings. The first-order valence-electron chi connectivity index (χ1n) is 10.8. The highest BCUT2D eigenvalue weighted by atomic mass is 35.5. The third-order valence-electron chi connectivity index (χ3n) is 6.61. The highest BCUT2D eigenvalue weighted by Crippen LogP contribution is 2.54. The number of urea groups is 1. The van der Waals surface area contributed by atoms with Crippen LogP contribution in [0.15, 0.2) is 42.5 Å². The minimum absolute atomic E-state index is 0.0365. The molecule has 2 fully saturated rings. The Morgan fingerprint density at radius 1 is 1.09 bits per heavy atom. The van der Waals surface area contributed by atoms with E-state index in [-0.39, 0.29) is 35.7 Å². The van der Waals surface area contributed by atoms with Crippen molar-refractivity contribution in [3.8, 4) is 0 Å². The highest BCUT2D eigenvalue weighted by molar-refractivity contribution is 6.35. The predicted molar refractivity (Wildman–Crippen MR) is 129 cm³/mol. The summed E-state index contributed by atoms with van der Waals surface area (Å²) in [4.78, 5) is 25.8. The van der Waals surface area contributed by atoms with Crippen LogP contribution in [0.1, 0.15) is 49.7 Å². The molecule has 0 bridgehead atoms. The van der Waals surface area contributed by atoms with Gasteiger partial charge in [0.2, 0.25) is 5.91 Å². The van der Waals surface area contributed by atoms with Crippen molar-refractivity contribution in [1.29, 1.82) is 0 Å². The lowest BCUT2D eigenvalue weighted by molar-refractivity contribution is -0.126. The van der Waals surface area contributed by atoms with Crippen LogP contribution in [0.25, 0.3) is 0 Å². The van der Waals surface area contributed by atoms with Gasteiger partial charge in [0.1, 0.15) is 5.54 Å². The Bertz CT molecular complexity index is 1030. The van der Waals surface area contributed by atoms with Gasteiger partial charge in [0.25, 0.3) is 0 Å². The number of fused-ring (bicyclic) bond motifs is 1. The molecule has 4 rings (SSSR count). The summed E-state index contributed by atoms with van der Waals surface area (Å²) in [6.07, 6.45) is 1.20. The van der Waals surface area contributed by atoms with Gasteiger partial charge < -0.3 is 16.0 Å². The molecule has 32 heavy (non-hydrogen) atoms. The van der Waals surface area contributed by atoms with E-state index in [1.165, 1.54) is 0 Å². The maximum absolute atomic E-state index is 13.1. The fraction of sp³-hybridized carbons (Fsp3) is 0.417. The van der Waals surface area contributed by atoms with E-state index in [1.54, 1.807) is 6.07 Å². The van der Waals surface area contributed by atoms with E-state index in [1.807, 2.05) is 50.2 Å². The number of hydrogen-bond acceptors (Lipinski definition) is 2. The first kappa shape index (κ1) is 23.2. The maximum atomic E-state index is 13.1. The van der Waals surface area contributed by atoms with E-state index in [4.69, 9.17) is 34.8 Å². The second-order valence-electron chi connectivity index (χ2n) is 8.93. The maximum Gasteiger partial charge on any atom is 0.315 e. The first-order valence-corrected chi connectivity index (χ1v) is 11.9. The molecule has 0 unspecified atom stereocenters. The average Bonchev–Trinajstić information content (AvgIpc) is 3.04. The number of hydrogen-bond donors (Lipinski definition) is 3. The second-order valence-corrected chi connectivity index (χ2v) is 10.2. The van der Waals surface area contributed by atoms with E-state index in [0.29, 0.717) is 34.5 Å². The molecule has 5 nitrogen and oxygen atoms in total. The Morgan fingerprint density at radius 3 is 2.44 bits per heavy atom. The van der Waals surface area contributed by atoms with Crippen molar-refractivity contribution in [3.63, 3.8) is 0 Å². The van der Waals surface area contributed by atoms with Gasteiger partial charge in [-0.2, -0.15) is 0 Å². The van der Waals surface area contributed by atoms with Gasteiger partial charge in [-0.3, -0.25) is 4.79 Å². The monoisotopic (exact) mass is 493 g/mol. The van der Waals surface area contributed by atoms with Gasteiger partial charge in [-0.25, -0.2) is 4.79 Å². The number of halogens is 3. The van der Waals surface area contributed by atoms with Crippen LogP contribution in [0.2, 0.25) is 15.1 Å². The molecular formula is C24H26Cl3N3O2. The lowest BCUT2D eigenvalue weighted by Gasteiger charge is -2.46. The molecule has 1 aliphatic carbocycles. The summed E-state index contributed by atoms with van der Waals surface area (Å²) in [7, 11) is 0. The summed E-state index contributed by atoms with van der Waals surface area (Å²) in [6, 6.07) is 12.9. The summed E-state index contributed by atoms with van der Waals surface area (Å²) in [5, 5.41) is 10.7. The van der Waals surface area contributed by atoms with Gasteiger partial charge in [-0.15, -0.1) is 0 Å². The molecule has 0 spiro atoms. The molecule has 0 aromatic heterocycles. The van der Waals surface area contributed by atoms with E-state index in [2.05, 4.69) is 16.0 Å². The molecule has 170 valence electrons. The van der Waals surface area contributed by atoms with Crippen LogP contribution in [0.3, 0.4) is 0 Å². The van der Waals surface area contributed by atoms with Crippen molar-refractivity contribution < 1.29 is 9.59 Å². The van der Waals surface area contributed by atoms with Crippen molar-refractivity contribution in [2.24, 2.45) is 5.92 Å². The number of rotatable bonds is 4. The van der Waals surface area contributed by atoms with Gasteiger partial charge in [-0.05, 0) is 73.9 Å². The zero-order valence-electron chi connectivity index (χ0n) is 17.9. The molecule has 1 saturated carbocycles. The molecule has 2 aromatic carbocycles. The van der Waals surface area contributed by atoms with Crippen LogP contribution >= 0.6 is 34.8 Å². The SMILES string of the molecule is CC(C)NC(=O)N[C@@]12CC[C@@H](c3ccc(Cl)cc3Cl)[C@H](c3ccc(Cl)cc3)[C@@H]1CNC2=O. The Hall–Kier alpha value is -1.95. The Balaban J connectivity index is 1.78. The zero-order chi connectivity index (χ0) is 23.0. The fourth-order valence-electron chi connectivity index (χ4n) is 5.29. The Labute approximate surface area is 203 Å². The smallest absolute Gasteiger partial charge is 0.315 e. The largest absolute Gasteiger partial charge is 0.354 e. The lowest BCUT2D eigenvalue weighted by atomic mass is 9.60. The number of benzene rings is 2. The standard InChI is InChI=1S/C24H26Cl3N3O2/c1-13(2)29-23(32)30-24-10-9-18(17-8-7-16(26)11-20(17)27)21(19(24)12-28-22(24)31)14-3-5-15(25)6-4-14/h3-8,11,13,18-19,21H,9-10,12H2,1-2H3,(H,28,31)(H2,29,30,32)/t18-,19-,21-,24-/m0/s1. The van der Waals surface area contributed by atoms with Gasteiger partial charge >= 0.3 is 6.03 Å². The van der Waals surface area contributed by atoms with Crippen molar-refractivity contribution in [1.82, 2.24) is 16.0 Å². The fourth-order valence-corrected chi connectivity index (χ4v) is 5.97. The van der Waals surface area contributed by atoms with Gasteiger partial charge in [0.15, 0.2) is 0 Å². The highest BCUT2D eigenvalue weighted by Gasteiger charge is 2.58. The quantitative estimate of drug-likeness (QED) is 0.525. The van der Waals surface area contributed by atoms with E-state index >= 15 is 0 Å².